The number of rotatable bonds is 3. The maximum Gasteiger partial charge on any atom is 0.254 e. The number of hydrogen-bond donors (Lipinski definition) is 1. The van der Waals surface area contributed by atoms with Crippen molar-refractivity contribution in [2.75, 3.05) is 0 Å². The van der Waals surface area contributed by atoms with Gasteiger partial charge in [-0.2, -0.15) is 0 Å². The number of H-pyrrole nitrogens is 1. The van der Waals surface area contributed by atoms with Gasteiger partial charge in [-0.1, -0.05) is 12.1 Å². The molecule has 0 amide bonds. The molecule has 0 radical (unpaired) electrons. The van der Waals surface area contributed by atoms with Gasteiger partial charge in [0.05, 0.1) is 18.1 Å². The molecule has 94 valence electrons. The highest BCUT2D eigenvalue weighted by atomic mass is 16.5. The van der Waals surface area contributed by atoms with E-state index in [9.17, 15) is 4.79 Å². The van der Waals surface area contributed by atoms with E-state index in [2.05, 4.69) is 9.97 Å². The minimum atomic E-state index is -0.116. The van der Waals surface area contributed by atoms with E-state index in [1.165, 1.54) is 6.33 Å². The smallest absolute Gasteiger partial charge is 0.254 e. The van der Waals surface area contributed by atoms with Crippen LogP contribution in [0.25, 0.3) is 11.3 Å². The van der Waals surface area contributed by atoms with Crippen LogP contribution in [0.1, 0.15) is 19.4 Å². The SMILES string of the molecule is Cc1c(-c2cccc(OC(C)C)c2)nc[nH]c1=O. The summed E-state index contributed by atoms with van der Waals surface area (Å²) in [6.07, 6.45) is 1.54. The van der Waals surface area contributed by atoms with Gasteiger partial charge in [-0.05, 0) is 32.9 Å². The summed E-state index contributed by atoms with van der Waals surface area (Å²) in [4.78, 5) is 18.3. The number of nitrogens with zero attached hydrogens (tertiary/aromatic N) is 1. The van der Waals surface area contributed by atoms with E-state index in [0.717, 1.165) is 11.3 Å². The van der Waals surface area contributed by atoms with Crippen LogP contribution in [0.2, 0.25) is 0 Å². The Kier molecular flexibility index (Phi) is 3.46. The third kappa shape index (κ3) is 2.59. The minimum absolute atomic E-state index is 0.116. The molecular formula is C14H16N2O2. The van der Waals surface area contributed by atoms with Gasteiger partial charge < -0.3 is 9.72 Å². The van der Waals surface area contributed by atoms with Crippen molar-refractivity contribution in [3.05, 3.63) is 46.5 Å². The Morgan fingerprint density at radius 1 is 1.33 bits per heavy atom. The molecule has 0 saturated carbocycles. The Morgan fingerprint density at radius 2 is 2.11 bits per heavy atom. The van der Waals surface area contributed by atoms with Crippen molar-refractivity contribution in [1.29, 1.82) is 0 Å². The second-order valence-electron chi connectivity index (χ2n) is 4.40. The van der Waals surface area contributed by atoms with E-state index in [0.29, 0.717) is 11.3 Å². The van der Waals surface area contributed by atoms with Crippen LogP contribution in [0, 0.1) is 6.92 Å². The van der Waals surface area contributed by atoms with Crippen molar-refractivity contribution in [1.82, 2.24) is 9.97 Å². The highest BCUT2D eigenvalue weighted by molar-refractivity contribution is 5.63. The quantitative estimate of drug-likeness (QED) is 0.902. The Morgan fingerprint density at radius 3 is 2.83 bits per heavy atom. The van der Waals surface area contributed by atoms with Gasteiger partial charge in [-0.3, -0.25) is 4.79 Å². The van der Waals surface area contributed by atoms with Gasteiger partial charge in [0.15, 0.2) is 0 Å². The Bertz CT molecular complexity index is 603. The second kappa shape index (κ2) is 5.04. The van der Waals surface area contributed by atoms with Crippen LogP contribution in [0.3, 0.4) is 0 Å². The van der Waals surface area contributed by atoms with Crippen LogP contribution >= 0.6 is 0 Å². The molecule has 1 aromatic heterocycles. The maximum atomic E-state index is 11.5. The predicted octanol–water partition coefficient (Wildman–Crippen LogP) is 2.53. The molecule has 1 aromatic carbocycles. The Balaban J connectivity index is 2.45. The summed E-state index contributed by atoms with van der Waals surface area (Å²) < 4.78 is 5.63. The number of aromatic nitrogens is 2. The molecule has 0 fully saturated rings. The third-order valence-electron chi connectivity index (χ3n) is 2.56. The molecule has 0 atom stereocenters. The van der Waals surface area contributed by atoms with E-state index < -0.39 is 0 Å². The largest absolute Gasteiger partial charge is 0.491 e. The molecule has 0 aliphatic heterocycles. The molecule has 1 N–H and O–H groups in total. The van der Waals surface area contributed by atoms with Crippen LogP contribution in [0.15, 0.2) is 35.4 Å². The molecule has 0 unspecified atom stereocenters. The maximum absolute atomic E-state index is 11.5. The zero-order chi connectivity index (χ0) is 13.1. The number of aromatic amines is 1. The second-order valence-corrected chi connectivity index (χ2v) is 4.40. The third-order valence-corrected chi connectivity index (χ3v) is 2.56. The molecule has 2 rings (SSSR count). The fourth-order valence-corrected chi connectivity index (χ4v) is 1.75. The summed E-state index contributed by atoms with van der Waals surface area (Å²) >= 11 is 0. The monoisotopic (exact) mass is 244 g/mol. The Labute approximate surface area is 106 Å². The number of ether oxygens (including phenoxy) is 1. The molecular weight excluding hydrogens is 228 g/mol. The first-order valence-corrected chi connectivity index (χ1v) is 5.89. The highest BCUT2D eigenvalue weighted by Crippen LogP contribution is 2.23. The van der Waals surface area contributed by atoms with Crippen molar-refractivity contribution in [3.8, 4) is 17.0 Å². The predicted molar refractivity (Wildman–Crippen MR) is 70.8 cm³/mol. The molecule has 0 saturated heterocycles. The summed E-state index contributed by atoms with van der Waals surface area (Å²) in [5.74, 6) is 0.781. The van der Waals surface area contributed by atoms with Gasteiger partial charge >= 0.3 is 0 Å². The van der Waals surface area contributed by atoms with Crippen LogP contribution in [0.5, 0.6) is 5.75 Å². The molecule has 4 nitrogen and oxygen atoms in total. The molecule has 1 heterocycles. The topological polar surface area (TPSA) is 55.0 Å². The molecule has 0 bridgehead atoms. The minimum Gasteiger partial charge on any atom is -0.491 e. The van der Waals surface area contributed by atoms with Gasteiger partial charge in [0.2, 0.25) is 0 Å². The fraction of sp³-hybridized carbons (Fsp3) is 0.286. The van der Waals surface area contributed by atoms with Crippen LogP contribution < -0.4 is 10.3 Å². The zero-order valence-electron chi connectivity index (χ0n) is 10.7. The lowest BCUT2D eigenvalue weighted by Gasteiger charge is -2.11. The molecule has 18 heavy (non-hydrogen) atoms. The van der Waals surface area contributed by atoms with Crippen LogP contribution in [-0.4, -0.2) is 16.1 Å². The molecule has 4 heteroatoms. The van der Waals surface area contributed by atoms with Crippen molar-refractivity contribution in [3.63, 3.8) is 0 Å². The van der Waals surface area contributed by atoms with E-state index in [1.54, 1.807) is 6.92 Å². The van der Waals surface area contributed by atoms with Crippen LogP contribution in [-0.2, 0) is 0 Å². The van der Waals surface area contributed by atoms with Crippen molar-refractivity contribution >= 4 is 0 Å². The van der Waals surface area contributed by atoms with Crippen molar-refractivity contribution in [2.24, 2.45) is 0 Å². The first kappa shape index (κ1) is 12.4. The van der Waals surface area contributed by atoms with Gasteiger partial charge in [-0.25, -0.2) is 4.98 Å². The average Bonchev–Trinajstić information content (AvgIpc) is 2.32. The van der Waals surface area contributed by atoms with E-state index in [1.807, 2.05) is 38.1 Å². The zero-order valence-corrected chi connectivity index (χ0v) is 10.7. The van der Waals surface area contributed by atoms with Crippen molar-refractivity contribution < 1.29 is 4.74 Å². The lowest BCUT2D eigenvalue weighted by Crippen LogP contribution is -2.11. The summed E-state index contributed by atoms with van der Waals surface area (Å²) in [6.45, 7) is 5.71. The lowest BCUT2D eigenvalue weighted by molar-refractivity contribution is 0.242. The fourth-order valence-electron chi connectivity index (χ4n) is 1.75. The average molecular weight is 244 g/mol. The first-order chi connectivity index (χ1) is 8.58. The standard InChI is InChI=1S/C14H16N2O2/c1-9(2)18-12-6-4-5-11(7-12)13-10(3)14(17)16-8-15-13/h4-9H,1-3H3,(H,15,16,17). The van der Waals surface area contributed by atoms with E-state index >= 15 is 0 Å². The van der Waals surface area contributed by atoms with E-state index in [-0.39, 0.29) is 11.7 Å². The van der Waals surface area contributed by atoms with Gasteiger partial charge in [0.1, 0.15) is 5.75 Å². The Hall–Kier alpha value is -2.10. The number of hydrogen-bond acceptors (Lipinski definition) is 3. The first-order valence-electron chi connectivity index (χ1n) is 5.89. The number of nitrogens with one attached hydrogen (secondary N) is 1. The summed E-state index contributed by atoms with van der Waals surface area (Å²) in [5.41, 5.74) is 2.07. The van der Waals surface area contributed by atoms with Gasteiger partial charge in [-0.15, -0.1) is 0 Å². The summed E-state index contributed by atoms with van der Waals surface area (Å²) in [6, 6.07) is 7.61. The van der Waals surface area contributed by atoms with Gasteiger partial charge in [0.25, 0.3) is 5.56 Å². The molecule has 0 aliphatic carbocycles. The summed E-state index contributed by atoms with van der Waals surface area (Å²) in [7, 11) is 0. The lowest BCUT2D eigenvalue weighted by atomic mass is 10.1. The van der Waals surface area contributed by atoms with Crippen molar-refractivity contribution in [2.45, 2.75) is 26.9 Å². The van der Waals surface area contributed by atoms with Crippen LogP contribution in [0.4, 0.5) is 0 Å². The van der Waals surface area contributed by atoms with Gasteiger partial charge in [0, 0.05) is 11.1 Å². The highest BCUT2D eigenvalue weighted by Gasteiger charge is 2.07. The number of benzene rings is 1. The molecule has 0 spiro atoms. The summed E-state index contributed by atoms with van der Waals surface area (Å²) in [5, 5.41) is 0. The van der Waals surface area contributed by atoms with E-state index in [4.69, 9.17) is 4.74 Å². The molecule has 2 aromatic rings. The molecule has 0 aliphatic rings. The normalized spacial score (nSPS) is 10.7.